The van der Waals surface area contributed by atoms with Gasteiger partial charge >= 0.3 is 0 Å². The highest BCUT2D eigenvalue weighted by Crippen LogP contribution is 2.22. The maximum absolute atomic E-state index is 12.2. The first-order valence-electron chi connectivity index (χ1n) is 6.40. The van der Waals surface area contributed by atoms with Gasteiger partial charge < -0.3 is 0 Å². The second kappa shape index (κ2) is 8.44. The molecular weight excluding hydrogens is 341 g/mol. The standard InChI is InChI=1S/C13H18Cl3NO2S/c1-2-3-10(4-5-14)9-17-20(18,19)13-7-11(15)6-12(16)8-13/h6-8,10,17H,2-5,9H2,1H3. The molecule has 1 atom stereocenters. The van der Waals surface area contributed by atoms with Gasteiger partial charge in [0.05, 0.1) is 4.90 Å². The maximum atomic E-state index is 12.2. The summed E-state index contributed by atoms with van der Waals surface area (Å²) in [4.78, 5) is 0.0797. The molecule has 7 heteroatoms. The van der Waals surface area contributed by atoms with E-state index in [1.54, 1.807) is 0 Å². The Kier molecular flexibility index (Phi) is 7.62. The van der Waals surface area contributed by atoms with Crippen molar-refractivity contribution < 1.29 is 8.42 Å². The van der Waals surface area contributed by atoms with Crippen LogP contribution in [0.5, 0.6) is 0 Å². The van der Waals surface area contributed by atoms with Crippen molar-refractivity contribution >= 4 is 44.8 Å². The van der Waals surface area contributed by atoms with E-state index in [-0.39, 0.29) is 10.8 Å². The predicted octanol–water partition coefficient (Wildman–Crippen LogP) is 4.32. The van der Waals surface area contributed by atoms with Crippen molar-refractivity contribution in [2.75, 3.05) is 12.4 Å². The zero-order chi connectivity index (χ0) is 15.2. The van der Waals surface area contributed by atoms with E-state index < -0.39 is 10.0 Å². The fourth-order valence-electron chi connectivity index (χ4n) is 1.91. The van der Waals surface area contributed by atoms with Gasteiger partial charge in [-0.3, -0.25) is 0 Å². The van der Waals surface area contributed by atoms with Crippen LogP contribution in [0.3, 0.4) is 0 Å². The molecule has 0 spiro atoms. The molecule has 0 aliphatic rings. The zero-order valence-corrected chi connectivity index (χ0v) is 14.3. The second-order valence-electron chi connectivity index (χ2n) is 4.59. The minimum absolute atomic E-state index is 0.0797. The van der Waals surface area contributed by atoms with Gasteiger partial charge in [-0.05, 0) is 37.0 Å². The first kappa shape index (κ1) is 18.1. The van der Waals surface area contributed by atoms with Gasteiger partial charge in [0.25, 0.3) is 0 Å². The van der Waals surface area contributed by atoms with Crippen LogP contribution in [0.1, 0.15) is 26.2 Å². The molecule has 1 aromatic carbocycles. The van der Waals surface area contributed by atoms with Gasteiger partial charge in [0, 0.05) is 22.5 Å². The largest absolute Gasteiger partial charge is 0.240 e. The van der Waals surface area contributed by atoms with Gasteiger partial charge in [0.1, 0.15) is 0 Å². The van der Waals surface area contributed by atoms with Crippen molar-refractivity contribution in [1.82, 2.24) is 4.72 Å². The molecule has 0 aromatic heterocycles. The molecule has 1 unspecified atom stereocenters. The monoisotopic (exact) mass is 357 g/mol. The summed E-state index contributed by atoms with van der Waals surface area (Å²) in [6.07, 6.45) is 2.71. The Bertz CT molecular complexity index is 508. The lowest BCUT2D eigenvalue weighted by Crippen LogP contribution is -2.29. The molecule has 0 radical (unpaired) electrons. The van der Waals surface area contributed by atoms with Crippen molar-refractivity contribution in [3.63, 3.8) is 0 Å². The van der Waals surface area contributed by atoms with E-state index in [9.17, 15) is 8.42 Å². The molecule has 114 valence electrons. The van der Waals surface area contributed by atoms with Crippen molar-refractivity contribution in [1.29, 1.82) is 0 Å². The predicted molar refractivity (Wildman–Crippen MR) is 85.4 cm³/mol. The molecule has 0 aliphatic heterocycles. The summed E-state index contributed by atoms with van der Waals surface area (Å²) < 4.78 is 27.0. The number of hydrogen-bond donors (Lipinski definition) is 1. The SMILES string of the molecule is CCCC(CCCl)CNS(=O)(=O)c1cc(Cl)cc(Cl)c1. The summed E-state index contributed by atoms with van der Waals surface area (Å²) in [7, 11) is -3.60. The van der Waals surface area contributed by atoms with Gasteiger partial charge in [0.2, 0.25) is 10.0 Å². The lowest BCUT2D eigenvalue weighted by molar-refractivity contribution is 0.457. The number of nitrogens with one attached hydrogen (secondary N) is 1. The third-order valence-corrected chi connectivity index (χ3v) is 4.98. The van der Waals surface area contributed by atoms with E-state index in [1.165, 1.54) is 18.2 Å². The molecule has 1 rings (SSSR count). The Morgan fingerprint density at radius 2 is 1.75 bits per heavy atom. The van der Waals surface area contributed by atoms with E-state index in [1.807, 2.05) is 0 Å². The summed E-state index contributed by atoms with van der Waals surface area (Å²) in [5.41, 5.74) is 0. The van der Waals surface area contributed by atoms with Crippen molar-refractivity contribution in [3.05, 3.63) is 28.2 Å². The molecule has 0 fully saturated rings. The normalized spacial score (nSPS) is 13.4. The van der Waals surface area contributed by atoms with Crippen LogP contribution in [0.2, 0.25) is 10.0 Å². The van der Waals surface area contributed by atoms with Gasteiger partial charge in [0.15, 0.2) is 0 Å². The van der Waals surface area contributed by atoms with Crippen LogP contribution in [-0.2, 0) is 10.0 Å². The van der Waals surface area contributed by atoms with Gasteiger partial charge in [-0.25, -0.2) is 13.1 Å². The number of benzene rings is 1. The zero-order valence-electron chi connectivity index (χ0n) is 11.2. The fraction of sp³-hybridized carbons (Fsp3) is 0.538. The smallest absolute Gasteiger partial charge is 0.211 e. The molecule has 1 aromatic rings. The third kappa shape index (κ3) is 5.78. The van der Waals surface area contributed by atoms with Crippen LogP contribution >= 0.6 is 34.8 Å². The van der Waals surface area contributed by atoms with E-state index in [4.69, 9.17) is 34.8 Å². The van der Waals surface area contributed by atoms with Crippen molar-refractivity contribution in [3.8, 4) is 0 Å². The molecule has 0 aliphatic carbocycles. The average molecular weight is 359 g/mol. The van der Waals surface area contributed by atoms with E-state index >= 15 is 0 Å². The Labute approximate surface area is 135 Å². The van der Waals surface area contributed by atoms with Crippen LogP contribution < -0.4 is 4.72 Å². The van der Waals surface area contributed by atoms with E-state index in [0.29, 0.717) is 22.5 Å². The quantitative estimate of drug-likeness (QED) is 0.704. The average Bonchev–Trinajstić information content (AvgIpc) is 2.35. The van der Waals surface area contributed by atoms with Crippen LogP contribution in [0.4, 0.5) is 0 Å². The number of hydrogen-bond acceptors (Lipinski definition) is 2. The number of alkyl halides is 1. The molecule has 1 N–H and O–H groups in total. The highest BCUT2D eigenvalue weighted by atomic mass is 35.5. The Balaban J connectivity index is 2.78. The minimum atomic E-state index is -3.60. The van der Waals surface area contributed by atoms with Gasteiger partial charge in [-0.1, -0.05) is 36.5 Å². The molecule has 3 nitrogen and oxygen atoms in total. The molecule has 0 bridgehead atoms. The van der Waals surface area contributed by atoms with Crippen LogP contribution in [0.25, 0.3) is 0 Å². The summed E-state index contributed by atoms with van der Waals surface area (Å²) in [5, 5.41) is 0.590. The van der Waals surface area contributed by atoms with Crippen molar-refractivity contribution in [2.24, 2.45) is 5.92 Å². The van der Waals surface area contributed by atoms with E-state index in [0.717, 1.165) is 19.3 Å². The fourth-order valence-corrected chi connectivity index (χ4v) is 4.06. The highest BCUT2D eigenvalue weighted by molar-refractivity contribution is 7.89. The second-order valence-corrected chi connectivity index (χ2v) is 7.61. The summed E-state index contributed by atoms with van der Waals surface area (Å²) in [5.74, 6) is 0.761. The highest BCUT2D eigenvalue weighted by Gasteiger charge is 2.17. The maximum Gasteiger partial charge on any atom is 0.240 e. The number of sulfonamides is 1. The first-order valence-corrected chi connectivity index (χ1v) is 9.18. The van der Waals surface area contributed by atoms with E-state index in [2.05, 4.69) is 11.6 Å². The Morgan fingerprint density at radius 3 is 2.25 bits per heavy atom. The van der Waals surface area contributed by atoms with Crippen molar-refractivity contribution in [2.45, 2.75) is 31.1 Å². The van der Waals surface area contributed by atoms with Gasteiger partial charge in [-0.2, -0.15) is 0 Å². The Morgan fingerprint density at radius 1 is 1.15 bits per heavy atom. The minimum Gasteiger partial charge on any atom is -0.211 e. The lowest BCUT2D eigenvalue weighted by atomic mass is 10.0. The first-order chi connectivity index (χ1) is 9.39. The van der Waals surface area contributed by atoms with Crippen LogP contribution in [-0.4, -0.2) is 20.8 Å². The summed E-state index contributed by atoms with van der Waals surface area (Å²) in [6.45, 7) is 2.43. The van der Waals surface area contributed by atoms with Gasteiger partial charge in [-0.15, -0.1) is 11.6 Å². The number of halogens is 3. The summed E-state index contributed by atoms with van der Waals surface area (Å²) in [6, 6.07) is 4.26. The third-order valence-electron chi connectivity index (χ3n) is 2.92. The number of rotatable bonds is 8. The molecule has 20 heavy (non-hydrogen) atoms. The molecule has 0 saturated heterocycles. The molecule has 0 saturated carbocycles. The Hall–Kier alpha value is -0.000000000000000111. The lowest BCUT2D eigenvalue weighted by Gasteiger charge is -2.16. The topological polar surface area (TPSA) is 46.2 Å². The molecular formula is C13H18Cl3NO2S. The molecule has 0 amide bonds. The summed E-state index contributed by atoms with van der Waals surface area (Å²) >= 11 is 17.4. The molecule has 0 heterocycles. The van der Waals surface area contributed by atoms with Crippen LogP contribution in [0, 0.1) is 5.92 Å². The van der Waals surface area contributed by atoms with Crippen LogP contribution in [0.15, 0.2) is 23.1 Å².